The van der Waals surface area contributed by atoms with E-state index in [1.54, 1.807) is 11.8 Å². The molecule has 18 heavy (non-hydrogen) atoms. The quantitative estimate of drug-likeness (QED) is 0.783. The minimum absolute atomic E-state index is 0.0568. The normalized spacial score (nSPS) is 16.6. The van der Waals surface area contributed by atoms with Crippen molar-refractivity contribution in [3.8, 4) is 0 Å². The average Bonchev–Trinajstić information content (AvgIpc) is 2.54. The monoisotopic (exact) mass is 271 g/mol. The highest BCUT2D eigenvalue weighted by Crippen LogP contribution is 2.20. The zero-order valence-corrected chi connectivity index (χ0v) is 11.0. The Labute approximate surface area is 110 Å². The standard InChI is InChI=1S/C12H15ClFN3O/c1-9(18)16-3-2-4-17(6-5-16)12-11(14)7-10(13)8-15-12/h7-8H,2-6H2,1H3. The second-order valence-corrected chi connectivity index (χ2v) is 4.74. The SMILES string of the molecule is CC(=O)N1CCCN(c2ncc(Cl)cc2F)CC1. The maximum atomic E-state index is 13.8. The zero-order chi connectivity index (χ0) is 13.1. The molecule has 1 aliphatic rings. The number of nitrogens with zero attached hydrogens (tertiary/aromatic N) is 3. The fourth-order valence-electron chi connectivity index (χ4n) is 2.08. The van der Waals surface area contributed by atoms with Crippen LogP contribution in [0.1, 0.15) is 13.3 Å². The Morgan fingerprint density at radius 1 is 1.39 bits per heavy atom. The van der Waals surface area contributed by atoms with Crippen LogP contribution in [0.2, 0.25) is 5.02 Å². The fraction of sp³-hybridized carbons (Fsp3) is 0.500. The smallest absolute Gasteiger partial charge is 0.219 e. The molecule has 98 valence electrons. The number of hydrogen-bond acceptors (Lipinski definition) is 3. The fourth-order valence-corrected chi connectivity index (χ4v) is 2.23. The first-order chi connectivity index (χ1) is 8.58. The van der Waals surface area contributed by atoms with Gasteiger partial charge in [0.05, 0.1) is 5.02 Å². The molecule has 6 heteroatoms. The van der Waals surface area contributed by atoms with E-state index in [-0.39, 0.29) is 10.9 Å². The van der Waals surface area contributed by atoms with Crippen molar-refractivity contribution >= 4 is 23.3 Å². The van der Waals surface area contributed by atoms with E-state index in [4.69, 9.17) is 11.6 Å². The lowest BCUT2D eigenvalue weighted by Gasteiger charge is -2.22. The van der Waals surface area contributed by atoms with Crippen molar-refractivity contribution in [2.45, 2.75) is 13.3 Å². The van der Waals surface area contributed by atoms with Crippen molar-refractivity contribution in [2.24, 2.45) is 0 Å². The third-order valence-corrected chi connectivity index (χ3v) is 3.24. The summed E-state index contributed by atoms with van der Waals surface area (Å²) >= 11 is 5.68. The van der Waals surface area contributed by atoms with Crippen LogP contribution >= 0.6 is 11.6 Å². The second kappa shape index (κ2) is 5.52. The lowest BCUT2D eigenvalue weighted by atomic mass is 10.3. The molecule has 4 nitrogen and oxygen atoms in total. The molecule has 1 aromatic rings. The Bertz CT molecular complexity index is 455. The molecule has 1 fully saturated rings. The van der Waals surface area contributed by atoms with Crippen molar-refractivity contribution in [3.63, 3.8) is 0 Å². The Morgan fingerprint density at radius 3 is 2.83 bits per heavy atom. The van der Waals surface area contributed by atoms with Gasteiger partial charge in [0, 0.05) is 39.3 Å². The van der Waals surface area contributed by atoms with Crippen LogP contribution in [-0.4, -0.2) is 42.0 Å². The number of carbonyl (C=O) groups excluding carboxylic acids is 1. The van der Waals surface area contributed by atoms with Gasteiger partial charge in [-0.1, -0.05) is 11.6 Å². The zero-order valence-electron chi connectivity index (χ0n) is 10.2. The highest BCUT2D eigenvalue weighted by molar-refractivity contribution is 6.30. The molecule has 1 amide bonds. The molecular formula is C12H15ClFN3O. The van der Waals surface area contributed by atoms with Crippen LogP contribution in [-0.2, 0) is 4.79 Å². The van der Waals surface area contributed by atoms with E-state index in [1.165, 1.54) is 12.3 Å². The summed E-state index contributed by atoms with van der Waals surface area (Å²) in [6.45, 7) is 4.14. The van der Waals surface area contributed by atoms with Gasteiger partial charge in [-0.05, 0) is 12.5 Å². The first kappa shape index (κ1) is 13.1. The average molecular weight is 272 g/mol. The summed E-state index contributed by atoms with van der Waals surface area (Å²) in [7, 11) is 0. The maximum absolute atomic E-state index is 13.8. The maximum Gasteiger partial charge on any atom is 0.219 e. The van der Waals surface area contributed by atoms with E-state index in [0.717, 1.165) is 6.42 Å². The number of rotatable bonds is 1. The summed E-state index contributed by atoms with van der Waals surface area (Å²) < 4.78 is 13.8. The lowest BCUT2D eigenvalue weighted by Crippen LogP contribution is -2.34. The molecule has 0 atom stereocenters. The van der Waals surface area contributed by atoms with Gasteiger partial charge in [0.1, 0.15) is 0 Å². The van der Waals surface area contributed by atoms with Crippen LogP contribution < -0.4 is 4.90 Å². The molecule has 0 N–H and O–H groups in total. The summed E-state index contributed by atoms with van der Waals surface area (Å²) in [5.41, 5.74) is 0. The first-order valence-corrected chi connectivity index (χ1v) is 6.27. The molecule has 0 aromatic carbocycles. The minimum atomic E-state index is -0.418. The van der Waals surface area contributed by atoms with Crippen molar-refractivity contribution in [3.05, 3.63) is 23.1 Å². The van der Waals surface area contributed by atoms with Crippen molar-refractivity contribution < 1.29 is 9.18 Å². The van der Waals surface area contributed by atoms with Gasteiger partial charge in [0.2, 0.25) is 5.91 Å². The summed E-state index contributed by atoms with van der Waals surface area (Å²) in [5, 5.41) is 0.288. The summed E-state index contributed by atoms with van der Waals surface area (Å²) in [6.07, 6.45) is 2.25. The van der Waals surface area contributed by atoms with Crippen LogP contribution in [0.15, 0.2) is 12.3 Å². The molecule has 1 saturated heterocycles. The van der Waals surface area contributed by atoms with Crippen LogP contribution in [0.5, 0.6) is 0 Å². The van der Waals surface area contributed by atoms with Gasteiger partial charge in [0.15, 0.2) is 11.6 Å². The first-order valence-electron chi connectivity index (χ1n) is 5.89. The minimum Gasteiger partial charge on any atom is -0.352 e. The van der Waals surface area contributed by atoms with E-state index in [0.29, 0.717) is 32.0 Å². The van der Waals surface area contributed by atoms with Crippen LogP contribution in [0.25, 0.3) is 0 Å². The van der Waals surface area contributed by atoms with E-state index >= 15 is 0 Å². The van der Waals surface area contributed by atoms with Gasteiger partial charge in [0.25, 0.3) is 0 Å². The third kappa shape index (κ3) is 2.90. The van der Waals surface area contributed by atoms with Crippen molar-refractivity contribution in [1.82, 2.24) is 9.88 Å². The predicted molar refractivity (Wildman–Crippen MR) is 68.3 cm³/mol. The number of aromatic nitrogens is 1. The largest absolute Gasteiger partial charge is 0.352 e. The molecule has 0 aliphatic carbocycles. The number of anilines is 1. The molecular weight excluding hydrogens is 257 g/mol. The Hall–Kier alpha value is -1.36. The van der Waals surface area contributed by atoms with Gasteiger partial charge < -0.3 is 9.80 Å². The number of halogens is 2. The highest BCUT2D eigenvalue weighted by atomic mass is 35.5. The molecule has 0 unspecified atom stereocenters. The highest BCUT2D eigenvalue weighted by Gasteiger charge is 2.19. The van der Waals surface area contributed by atoms with Gasteiger partial charge in [-0.3, -0.25) is 4.79 Å². The summed E-state index contributed by atoms with van der Waals surface area (Å²) in [4.78, 5) is 19.0. The second-order valence-electron chi connectivity index (χ2n) is 4.31. The molecule has 2 heterocycles. The molecule has 0 bridgehead atoms. The lowest BCUT2D eigenvalue weighted by molar-refractivity contribution is -0.128. The molecule has 0 radical (unpaired) electrons. The Balaban J connectivity index is 2.12. The molecule has 2 rings (SSSR count). The van der Waals surface area contributed by atoms with Crippen molar-refractivity contribution in [1.29, 1.82) is 0 Å². The molecule has 0 spiro atoms. The van der Waals surface area contributed by atoms with E-state index in [9.17, 15) is 9.18 Å². The van der Waals surface area contributed by atoms with Gasteiger partial charge in [-0.25, -0.2) is 9.37 Å². The molecule has 1 aliphatic heterocycles. The van der Waals surface area contributed by atoms with Gasteiger partial charge in [-0.15, -0.1) is 0 Å². The number of amides is 1. The topological polar surface area (TPSA) is 36.4 Å². The Kier molecular flexibility index (Phi) is 4.01. The van der Waals surface area contributed by atoms with E-state index < -0.39 is 5.82 Å². The van der Waals surface area contributed by atoms with E-state index in [1.807, 2.05) is 4.90 Å². The summed E-state index contributed by atoms with van der Waals surface area (Å²) in [5.74, 6) is -0.0510. The van der Waals surface area contributed by atoms with Gasteiger partial charge in [-0.2, -0.15) is 0 Å². The van der Waals surface area contributed by atoms with Crippen molar-refractivity contribution in [2.75, 3.05) is 31.1 Å². The van der Waals surface area contributed by atoms with E-state index in [2.05, 4.69) is 4.98 Å². The predicted octanol–water partition coefficient (Wildman–Crippen LogP) is 1.93. The summed E-state index contributed by atoms with van der Waals surface area (Å²) in [6, 6.07) is 1.26. The number of carbonyl (C=O) groups is 1. The number of hydrogen-bond donors (Lipinski definition) is 0. The number of pyridine rings is 1. The van der Waals surface area contributed by atoms with Gasteiger partial charge >= 0.3 is 0 Å². The van der Waals surface area contributed by atoms with Crippen LogP contribution in [0.3, 0.4) is 0 Å². The van der Waals surface area contributed by atoms with Crippen LogP contribution in [0, 0.1) is 5.82 Å². The van der Waals surface area contributed by atoms with Crippen LogP contribution in [0.4, 0.5) is 10.2 Å². The Morgan fingerprint density at radius 2 is 2.17 bits per heavy atom. The third-order valence-electron chi connectivity index (χ3n) is 3.03. The molecule has 1 aromatic heterocycles. The molecule has 0 saturated carbocycles.